The van der Waals surface area contributed by atoms with Crippen LogP contribution in [0.3, 0.4) is 0 Å². The van der Waals surface area contributed by atoms with Gasteiger partial charge in [0.2, 0.25) is 0 Å². The second-order valence-corrected chi connectivity index (χ2v) is 3.86. The summed E-state index contributed by atoms with van der Waals surface area (Å²) in [6.45, 7) is 2.78. The summed E-state index contributed by atoms with van der Waals surface area (Å²) in [5, 5.41) is 27.6. The van der Waals surface area contributed by atoms with E-state index in [4.69, 9.17) is 5.26 Å². The van der Waals surface area contributed by atoms with Gasteiger partial charge in [-0.1, -0.05) is 6.92 Å². The molecule has 0 fully saturated rings. The molecule has 2 aromatic rings. The summed E-state index contributed by atoms with van der Waals surface area (Å²) in [4.78, 5) is 4.18. The highest BCUT2D eigenvalue weighted by atomic mass is 16.4. The zero-order valence-corrected chi connectivity index (χ0v) is 9.46. The predicted octanol–water partition coefficient (Wildman–Crippen LogP) is -0.00222. The van der Waals surface area contributed by atoms with Gasteiger partial charge in [-0.2, -0.15) is 5.26 Å². The summed E-state index contributed by atoms with van der Waals surface area (Å²) in [6.07, 6.45) is 2.58. The summed E-state index contributed by atoms with van der Waals surface area (Å²) in [6, 6.07) is 5.12. The minimum Gasteiger partial charge on any atom is -0.423 e. The van der Waals surface area contributed by atoms with Crippen LogP contribution in [0, 0.1) is 11.3 Å². The van der Waals surface area contributed by atoms with Gasteiger partial charge in [-0.05, 0) is 18.6 Å². The Morgan fingerprint density at radius 3 is 2.82 bits per heavy atom. The van der Waals surface area contributed by atoms with Crippen LogP contribution in [0.4, 0.5) is 0 Å². The Kier molecular flexibility index (Phi) is 3.13. The molecular weight excluding hydrogens is 217 g/mol. The molecule has 86 valence electrons. The largest absolute Gasteiger partial charge is 0.490 e. The first-order valence-electron chi connectivity index (χ1n) is 5.42. The lowest BCUT2D eigenvalue weighted by molar-refractivity contribution is 0.426. The molecule has 2 N–H and O–H groups in total. The van der Waals surface area contributed by atoms with Crippen molar-refractivity contribution in [1.82, 2.24) is 9.55 Å². The summed E-state index contributed by atoms with van der Waals surface area (Å²) in [5.41, 5.74) is 1.99. The Labute approximate surface area is 99.1 Å². The van der Waals surface area contributed by atoms with Crippen molar-refractivity contribution < 1.29 is 10.0 Å². The molecule has 6 heteroatoms. The van der Waals surface area contributed by atoms with Crippen molar-refractivity contribution in [3.8, 4) is 6.07 Å². The topological polar surface area (TPSA) is 82.1 Å². The van der Waals surface area contributed by atoms with Crippen LogP contribution in [0.25, 0.3) is 11.0 Å². The highest BCUT2D eigenvalue weighted by molar-refractivity contribution is 6.61. The van der Waals surface area contributed by atoms with Crippen LogP contribution in [-0.2, 0) is 6.54 Å². The average molecular weight is 229 g/mol. The third-order valence-corrected chi connectivity index (χ3v) is 2.61. The maximum Gasteiger partial charge on any atom is 0.490 e. The molecule has 1 aromatic heterocycles. The van der Waals surface area contributed by atoms with Crippen LogP contribution in [-0.4, -0.2) is 26.7 Å². The standard InChI is InChI=1S/C11H12BN3O2/c1-2-3-15-7-14-10-5-8(6-13)4-9(11(10)15)12(16)17/h4-5,7,16-17H,2-3H2,1H3. The number of nitriles is 1. The van der Waals surface area contributed by atoms with E-state index in [2.05, 4.69) is 4.98 Å². The SMILES string of the molecule is CCCn1cnc2cc(C#N)cc(B(O)O)c21. The van der Waals surface area contributed by atoms with Gasteiger partial charge in [0.1, 0.15) is 0 Å². The van der Waals surface area contributed by atoms with Crippen LogP contribution in [0.2, 0.25) is 0 Å². The van der Waals surface area contributed by atoms with Gasteiger partial charge in [-0.15, -0.1) is 0 Å². The fourth-order valence-corrected chi connectivity index (χ4v) is 1.91. The molecule has 0 radical (unpaired) electrons. The van der Waals surface area contributed by atoms with E-state index in [1.165, 1.54) is 6.07 Å². The van der Waals surface area contributed by atoms with Crippen molar-refractivity contribution in [3.05, 3.63) is 24.0 Å². The summed E-state index contributed by atoms with van der Waals surface area (Å²) in [7, 11) is -1.60. The van der Waals surface area contributed by atoms with E-state index < -0.39 is 7.12 Å². The van der Waals surface area contributed by atoms with Crippen LogP contribution in [0.5, 0.6) is 0 Å². The number of nitrogens with zero attached hydrogens (tertiary/aromatic N) is 3. The molecule has 2 rings (SSSR count). The van der Waals surface area contributed by atoms with Gasteiger partial charge >= 0.3 is 7.12 Å². The van der Waals surface area contributed by atoms with Crippen molar-refractivity contribution in [2.24, 2.45) is 0 Å². The number of hydrogen-bond donors (Lipinski definition) is 2. The molecule has 1 aromatic carbocycles. The number of rotatable bonds is 3. The molecule has 0 aliphatic rings. The van der Waals surface area contributed by atoms with Crippen LogP contribution in [0.15, 0.2) is 18.5 Å². The molecule has 0 saturated carbocycles. The number of aryl methyl sites for hydroxylation is 1. The van der Waals surface area contributed by atoms with E-state index in [9.17, 15) is 10.0 Å². The maximum absolute atomic E-state index is 9.36. The predicted molar refractivity (Wildman–Crippen MR) is 64.6 cm³/mol. The molecule has 0 spiro atoms. The Morgan fingerprint density at radius 2 is 2.24 bits per heavy atom. The van der Waals surface area contributed by atoms with Gasteiger partial charge in [0.05, 0.1) is 29.0 Å². The summed E-state index contributed by atoms with van der Waals surface area (Å²) < 4.78 is 1.87. The average Bonchev–Trinajstić information content (AvgIpc) is 2.71. The Hall–Kier alpha value is -1.84. The first-order chi connectivity index (χ1) is 8.17. The van der Waals surface area contributed by atoms with E-state index in [0.717, 1.165) is 13.0 Å². The third-order valence-electron chi connectivity index (χ3n) is 2.61. The molecule has 0 saturated heterocycles. The van der Waals surface area contributed by atoms with Gasteiger partial charge in [0.15, 0.2) is 0 Å². The smallest absolute Gasteiger partial charge is 0.423 e. The second kappa shape index (κ2) is 4.57. The van der Waals surface area contributed by atoms with Crippen molar-refractivity contribution in [3.63, 3.8) is 0 Å². The second-order valence-electron chi connectivity index (χ2n) is 3.86. The number of aromatic nitrogens is 2. The molecule has 0 unspecified atom stereocenters. The molecule has 0 amide bonds. The van der Waals surface area contributed by atoms with Crippen molar-refractivity contribution >= 4 is 23.6 Å². The van der Waals surface area contributed by atoms with Gasteiger partial charge in [0.25, 0.3) is 0 Å². The number of benzene rings is 1. The molecular formula is C11H12BN3O2. The fourth-order valence-electron chi connectivity index (χ4n) is 1.91. The minimum atomic E-state index is -1.60. The lowest BCUT2D eigenvalue weighted by Gasteiger charge is -2.07. The lowest BCUT2D eigenvalue weighted by atomic mass is 9.78. The fraction of sp³-hybridized carbons (Fsp3) is 0.273. The summed E-state index contributed by atoms with van der Waals surface area (Å²) in [5.74, 6) is 0. The van der Waals surface area contributed by atoms with E-state index in [1.807, 2.05) is 17.6 Å². The number of fused-ring (bicyclic) bond motifs is 1. The van der Waals surface area contributed by atoms with E-state index >= 15 is 0 Å². The number of hydrogen-bond acceptors (Lipinski definition) is 4. The minimum absolute atomic E-state index is 0.324. The molecule has 0 aliphatic heterocycles. The first-order valence-corrected chi connectivity index (χ1v) is 5.42. The zero-order valence-electron chi connectivity index (χ0n) is 9.46. The van der Waals surface area contributed by atoms with Crippen molar-refractivity contribution in [1.29, 1.82) is 5.26 Å². The quantitative estimate of drug-likeness (QED) is 0.725. The lowest BCUT2D eigenvalue weighted by Crippen LogP contribution is -2.32. The van der Waals surface area contributed by atoms with Gasteiger partial charge in [0, 0.05) is 12.0 Å². The molecule has 0 atom stereocenters. The first kappa shape index (κ1) is 11.6. The van der Waals surface area contributed by atoms with Gasteiger partial charge in [-0.25, -0.2) is 4.98 Å². The van der Waals surface area contributed by atoms with Gasteiger partial charge in [-0.3, -0.25) is 0 Å². The van der Waals surface area contributed by atoms with Crippen molar-refractivity contribution in [2.75, 3.05) is 0 Å². The highest BCUT2D eigenvalue weighted by Gasteiger charge is 2.19. The van der Waals surface area contributed by atoms with Crippen LogP contribution in [0.1, 0.15) is 18.9 Å². The van der Waals surface area contributed by atoms with Crippen LogP contribution >= 0.6 is 0 Å². The Morgan fingerprint density at radius 1 is 1.47 bits per heavy atom. The van der Waals surface area contributed by atoms with Crippen LogP contribution < -0.4 is 5.46 Å². The van der Waals surface area contributed by atoms with E-state index in [1.54, 1.807) is 12.4 Å². The van der Waals surface area contributed by atoms with Gasteiger partial charge < -0.3 is 14.6 Å². The van der Waals surface area contributed by atoms with Crippen molar-refractivity contribution in [2.45, 2.75) is 19.9 Å². The van der Waals surface area contributed by atoms with E-state index in [0.29, 0.717) is 22.1 Å². The van der Waals surface area contributed by atoms with E-state index in [-0.39, 0.29) is 0 Å². The molecule has 0 aliphatic carbocycles. The summed E-state index contributed by atoms with van der Waals surface area (Å²) >= 11 is 0. The Balaban J connectivity index is 2.72. The normalized spacial score (nSPS) is 10.5. The molecule has 0 bridgehead atoms. The molecule has 17 heavy (non-hydrogen) atoms. The Bertz CT molecular complexity index is 586. The highest BCUT2D eigenvalue weighted by Crippen LogP contribution is 2.13. The third kappa shape index (κ3) is 2.03. The molecule has 1 heterocycles. The molecule has 5 nitrogen and oxygen atoms in total. The zero-order chi connectivity index (χ0) is 12.4. The maximum atomic E-state index is 9.36. The number of imidazole rings is 1. The monoisotopic (exact) mass is 229 g/mol.